The van der Waals surface area contributed by atoms with Crippen molar-refractivity contribution in [2.45, 2.75) is 18.5 Å². The van der Waals surface area contributed by atoms with Gasteiger partial charge in [0.25, 0.3) is 0 Å². The molecule has 0 atom stereocenters. The Labute approximate surface area is 123 Å². The van der Waals surface area contributed by atoms with Gasteiger partial charge in [-0.2, -0.15) is 0 Å². The standard InChI is InChI=1S/C12H12BrN3O2S/c1-2-10-14-15-12(19-7-11(17)18)16(10)9-5-3-4-8(13)6-9/h3-6H,2,7H2,1H3,(H,17,18). The lowest BCUT2D eigenvalue weighted by Gasteiger charge is -2.09. The summed E-state index contributed by atoms with van der Waals surface area (Å²) in [5.41, 5.74) is 0.920. The van der Waals surface area contributed by atoms with Crippen LogP contribution in [0.2, 0.25) is 0 Å². The van der Waals surface area contributed by atoms with E-state index in [-0.39, 0.29) is 5.75 Å². The maximum atomic E-state index is 10.7. The van der Waals surface area contributed by atoms with E-state index in [9.17, 15) is 4.79 Å². The number of nitrogens with zero attached hydrogens (tertiary/aromatic N) is 3. The first kappa shape index (κ1) is 14.1. The van der Waals surface area contributed by atoms with Crippen LogP contribution in [0, 0.1) is 0 Å². The molecule has 100 valence electrons. The molecule has 1 heterocycles. The van der Waals surface area contributed by atoms with Crippen molar-refractivity contribution in [3.8, 4) is 5.69 Å². The fourth-order valence-electron chi connectivity index (χ4n) is 1.62. The number of carboxylic acid groups (broad SMARTS) is 1. The summed E-state index contributed by atoms with van der Waals surface area (Å²) >= 11 is 4.59. The van der Waals surface area contributed by atoms with Gasteiger partial charge in [-0.25, -0.2) is 0 Å². The number of carbonyl (C=O) groups is 1. The van der Waals surface area contributed by atoms with Crippen molar-refractivity contribution < 1.29 is 9.90 Å². The summed E-state index contributed by atoms with van der Waals surface area (Å²) in [5, 5.41) is 17.5. The lowest BCUT2D eigenvalue weighted by molar-refractivity contribution is -0.133. The van der Waals surface area contributed by atoms with Crippen LogP contribution in [0.5, 0.6) is 0 Å². The number of carboxylic acids is 1. The molecule has 0 fully saturated rings. The zero-order valence-corrected chi connectivity index (χ0v) is 12.6. The summed E-state index contributed by atoms with van der Waals surface area (Å²) < 4.78 is 2.84. The molecule has 2 rings (SSSR count). The number of aromatic nitrogens is 3. The van der Waals surface area contributed by atoms with E-state index in [0.29, 0.717) is 5.16 Å². The van der Waals surface area contributed by atoms with Gasteiger partial charge in [0.1, 0.15) is 5.82 Å². The third-order valence-electron chi connectivity index (χ3n) is 2.41. The van der Waals surface area contributed by atoms with E-state index in [1.165, 1.54) is 11.8 Å². The maximum absolute atomic E-state index is 10.7. The summed E-state index contributed by atoms with van der Waals surface area (Å²) in [4.78, 5) is 10.7. The molecular formula is C12H12BrN3O2S. The Kier molecular flexibility index (Phi) is 4.60. The van der Waals surface area contributed by atoms with Gasteiger partial charge in [-0.1, -0.05) is 40.7 Å². The number of hydrogen-bond donors (Lipinski definition) is 1. The van der Waals surface area contributed by atoms with Crippen LogP contribution in [0.25, 0.3) is 5.69 Å². The van der Waals surface area contributed by atoms with Crippen molar-refractivity contribution in [3.05, 3.63) is 34.6 Å². The highest BCUT2D eigenvalue weighted by molar-refractivity contribution is 9.10. The molecule has 0 bridgehead atoms. The van der Waals surface area contributed by atoms with Gasteiger partial charge in [0.05, 0.1) is 11.4 Å². The summed E-state index contributed by atoms with van der Waals surface area (Å²) in [6.07, 6.45) is 0.729. The fraction of sp³-hybridized carbons (Fsp3) is 0.250. The summed E-state index contributed by atoms with van der Waals surface area (Å²) in [6.45, 7) is 1.99. The third-order valence-corrected chi connectivity index (χ3v) is 3.81. The highest BCUT2D eigenvalue weighted by Crippen LogP contribution is 2.24. The SMILES string of the molecule is CCc1nnc(SCC(=O)O)n1-c1cccc(Br)c1. The summed E-state index contributed by atoms with van der Waals surface area (Å²) in [7, 11) is 0. The van der Waals surface area contributed by atoms with Crippen LogP contribution in [0.4, 0.5) is 0 Å². The Balaban J connectivity index is 2.41. The van der Waals surface area contributed by atoms with E-state index in [0.717, 1.165) is 22.4 Å². The van der Waals surface area contributed by atoms with Gasteiger partial charge in [0, 0.05) is 10.9 Å². The molecule has 0 amide bonds. The van der Waals surface area contributed by atoms with Crippen molar-refractivity contribution in [2.75, 3.05) is 5.75 Å². The van der Waals surface area contributed by atoms with Crippen LogP contribution in [0.15, 0.2) is 33.9 Å². The van der Waals surface area contributed by atoms with Crippen molar-refractivity contribution in [3.63, 3.8) is 0 Å². The molecule has 7 heteroatoms. The van der Waals surface area contributed by atoms with Crippen LogP contribution in [0.3, 0.4) is 0 Å². The minimum Gasteiger partial charge on any atom is -0.481 e. The molecule has 1 aromatic carbocycles. The van der Waals surface area contributed by atoms with Crippen LogP contribution >= 0.6 is 27.7 Å². The molecule has 0 spiro atoms. The maximum Gasteiger partial charge on any atom is 0.313 e. The normalized spacial score (nSPS) is 10.6. The Morgan fingerprint density at radius 3 is 2.89 bits per heavy atom. The number of hydrogen-bond acceptors (Lipinski definition) is 4. The van der Waals surface area contributed by atoms with E-state index >= 15 is 0 Å². The topological polar surface area (TPSA) is 68.0 Å². The third kappa shape index (κ3) is 3.36. The van der Waals surface area contributed by atoms with Gasteiger partial charge < -0.3 is 5.11 Å². The Bertz CT molecular complexity index is 600. The number of thioether (sulfide) groups is 1. The highest BCUT2D eigenvalue weighted by Gasteiger charge is 2.14. The average Bonchev–Trinajstić information content (AvgIpc) is 2.79. The molecule has 0 aliphatic carbocycles. The van der Waals surface area contributed by atoms with Gasteiger partial charge in [-0.05, 0) is 18.2 Å². The Morgan fingerprint density at radius 2 is 2.26 bits per heavy atom. The molecule has 1 N–H and O–H groups in total. The lowest BCUT2D eigenvalue weighted by atomic mass is 10.3. The van der Waals surface area contributed by atoms with E-state index in [1.54, 1.807) is 0 Å². The van der Waals surface area contributed by atoms with Crippen LogP contribution in [0.1, 0.15) is 12.7 Å². The van der Waals surface area contributed by atoms with Crippen molar-refractivity contribution in [1.29, 1.82) is 0 Å². The quantitative estimate of drug-likeness (QED) is 0.847. The van der Waals surface area contributed by atoms with Gasteiger partial charge >= 0.3 is 5.97 Å². The second kappa shape index (κ2) is 6.21. The predicted octanol–water partition coefficient (Wildman–Crippen LogP) is 2.77. The second-order valence-electron chi connectivity index (χ2n) is 3.75. The predicted molar refractivity (Wildman–Crippen MR) is 76.8 cm³/mol. The first-order valence-electron chi connectivity index (χ1n) is 5.66. The van der Waals surface area contributed by atoms with Gasteiger partial charge in [0.15, 0.2) is 5.16 Å². The van der Waals surface area contributed by atoms with Crippen LogP contribution in [-0.4, -0.2) is 31.6 Å². The molecule has 1 aromatic heterocycles. The van der Waals surface area contributed by atoms with Crippen molar-refractivity contribution in [2.24, 2.45) is 0 Å². The molecule has 5 nitrogen and oxygen atoms in total. The zero-order valence-electron chi connectivity index (χ0n) is 10.2. The van der Waals surface area contributed by atoms with Gasteiger partial charge in [0.2, 0.25) is 0 Å². The molecule has 0 radical (unpaired) electrons. The molecule has 0 saturated heterocycles. The highest BCUT2D eigenvalue weighted by atomic mass is 79.9. The minimum absolute atomic E-state index is 0.0319. The molecule has 0 aliphatic rings. The summed E-state index contributed by atoms with van der Waals surface area (Å²) in [5.74, 6) is -0.0895. The van der Waals surface area contributed by atoms with Gasteiger partial charge in [-0.15, -0.1) is 10.2 Å². The number of halogens is 1. The van der Waals surface area contributed by atoms with Crippen molar-refractivity contribution >= 4 is 33.7 Å². The number of benzene rings is 1. The van der Waals surface area contributed by atoms with E-state index in [1.807, 2.05) is 35.8 Å². The van der Waals surface area contributed by atoms with Crippen LogP contribution in [-0.2, 0) is 11.2 Å². The van der Waals surface area contributed by atoms with Crippen molar-refractivity contribution in [1.82, 2.24) is 14.8 Å². The Morgan fingerprint density at radius 1 is 1.47 bits per heavy atom. The average molecular weight is 342 g/mol. The molecule has 0 unspecified atom stereocenters. The van der Waals surface area contributed by atoms with E-state index in [4.69, 9.17) is 5.11 Å². The molecule has 19 heavy (non-hydrogen) atoms. The van der Waals surface area contributed by atoms with E-state index < -0.39 is 5.97 Å². The smallest absolute Gasteiger partial charge is 0.313 e. The van der Waals surface area contributed by atoms with Gasteiger partial charge in [-0.3, -0.25) is 9.36 Å². The zero-order chi connectivity index (χ0) is 13.8. The molecular weight excluding hydrogens is 330 g/mol. The largest absolute Gasteiger partial charge is 0.481 e. The number of aliphatic carboxylic acids is 1. The molecule has 0 saturated carbocycles. The number of aryl methyl sites for hydroxylation is 1. The second-order valence-corrected chi connectivity index (χ2v) is 5.61. The first-order chi connectivity index (χ1) is 9.11. The molecule has 0 aliphatic heterocycles. The fourth-order valence-corrected chi connectivity index (χ4v) is 2.70. The molecule has 2 aromatic rings. The minimum atomic E-state index is -0.869. The lowest BCUT2D eigenvalue weighted by Crippen LogP contribution is -2.04. The van der Waals surface area contributed by atoms with Crippen LogP contribution < -0.4 is 0 Å². The Hall–Kier alpha value is -1.34. The summed E-state index contributed by atoms with van der Waals surface area (Å²) in [6, 6.07) is 7.75. The number of rotatable bonds is 5. The monoisotopic (exact) mass is 341 g/mol. The first-order valence-corrected chi connectivity index (χ1v) is 7.44. The van der Waals surface area contributed by atoms with E-state index in [2.05, 4.69) is 26.1 Å².